The lowest BCUT2D eigenvalue weighted by atomic mass is 10.1. The molecule has 1 saturated heterocycles. The first-order valence-corrected chi connectivity index (χ1v) is 10.8. The van der Waals surface area contributed by atoms with Gasteiger partial charge in [-0.1, -0.05) is 48.0 Å². The molecule has 0 bridgehead atoms. The molecule has 0 spiro atoms. The zero-order valence-corrected chi connectivity index (χ0v) is 16.5. The Morgan fingerprint density at radius 1 is 1.00 bits per heavy atom. The smallest absolute Gasteiger partial charge is 0.243 e. The van der Waals surface area contributed by atoms with Gasteiger partial charge < -0.3 is 4.90 Å². The molecule has 144 valence electrons. The van der Waals surface area contributed by atoms with Crippen LogP contribution in [0.2, 0.25) is 0 Å². The van der Waals surface area contributed by atoms with Gasteiger partial charge in [0, 0.05) is 19.6 Å². The van der Waals surface area contributed by atoms with Gasteiger partial charge in [0.15, 0.2) is 0 Å². The van der Waals surface area contributed by atoms with Crippen molar-refractivity contribution in [3.63, 3.8) is 0 Å². The Bertz CT molecular complexity index is 858. The maximum Gasteiger partial charge on any atom is 0.243 e. The monoisotopic (exact) mass is 386 g/mol. The Morgan fingerprint density at radius 2 is 1.63 bits per heavy atom. The molecule has 0 aliphatic carbocycles. The number of nitrogens with zero attached hydrogens (tertiary/aromatic N) is 2. The molecule has 1 heterocycles. The summed E-state index contributed by atoms with van der Waals surface area (Å²) >= 11 is 0. The highest BCUT2D eigenvalue weighted by Crippen LogP contribution is 2.18. The standard InChI is InChI=1S/C21H26N2O3S/c1-18-9-11-20(12-10-18)27(25,26)23(16-13-19-7-3-2-4-8-19)17-21(24)22-14-5-6-15-22/h2-4,7-12H,5-6,13-17H2,1H3. The molecular formula is C21H26N2O3S. The van der Waals surface area contributed by atoms with E-state index in [2.05, 4.69) is 0 Å². The van der Waals surface area contributed by atoms with Crippen LogP contribution in [0.1, 0.15) is 24.0 Å². The summed E-state index contributed by atoms with van der Waals surface area (Å²) in [4.78, 5) is 14.6. The fraction of sp³-hybridized carbons (Fsp3) is 0.381. The molecule has 0 saturated carbocycles. The van der Waals surface area contributed by atoms with Crippen molar-refractivity contribution < 1.29 is 13.2 Å². The summed E-state index contributed by atoms with van der Waals surface area (Å²) in [6, 6.07) is 16.5. The van der Waals surface area contributed by atoms with Crippen LogP contribution < -0.4 is 0 Å². The molecule has 1 fully saturated rings. The molecule has 6 heteroatoms. The number of amides is 1. The molecule has 0 N–H and O–H groups in total. The molecule has 2 aromatic carbocycles. The van der Waals surface area contributed by atoms with E-state index >= 15 is 0 Å². The molecule has 3 rings (SSSR count). The van der Waals surface area contributed by atoms with E-state index in [4.69, 9.17) is 0 Å². The van der Waals surface area contributed by atoms with Crippen LogP contribution in [0.4, 0.5) is 0 Å². The summed E-state index contributed by atoms with van der Waals surface area (Å²) in [5.74, 6) is -0.115. The normalized spacial score (nSPS) is 14.7. The lowest BCUT2D eigenvalue weighted by Crippen LogP contribution is -2.42. The second-order valence-electron chi connectivity index (χ2n) is 6.98. The largest absolute Gasteiger partial charge is 0.342 e. The van der Waals surface area contributed by atoms with E-state index in [-0.39, 0.29) is 23.9 Å². The molecular weight excluding hydrogens is 360 g/mol. The maximum absolute atomic E-state index is 13.2. The number of carbonyl (C=O) groups excluding carboxylic acids is 1. The van der Waals surface area contributed by atoms with E-state index in [0.29, 0.717) is 6.42 Å². The number of benzene rings is 2. The van der Waals surface area contributed by atoms with Crippen molar-refractivity contribution in [3.8, 4) is 0 Å². The topological polar surface area (TPSA) is 57.7 Å². The summed E-state index contributed by atoms with van der Waals surface area (Å²) in [6.45, 7) is 3.52. The van der Waals surface area contributed by atoms with E-state index in [1.165, 1.54) is 4.31 Å². The van der Waals surface area contributed by atoms with Crippen molar-refractivity contribution in [2.24, 2.45) is 0 Å². The Hall–Kier alpha value is -2.18. The van der Waals surface area contributed by atoms with E-state index in [1.54, 1.807) is 29.2 Å². The quantitative estimate of drug-likeness (QED) is 0.735. The van der Waals surface area contributed by atoms with Crippen molar-refractivity contribution >= 4 is 15.9 Å². The molecule has 1 aliphatic heterocycles. The minimum absolute atomic E-state index is 0.108. The van der Waals surface area contributed by atoms with Gasteiger partial charge in [-0.05, 0) is 43.9 Å². The van der Waals surface area contributed by atoms with E-state index < -0.39 is 10.0 Å². The maximum atomic E-state index is 13.2. The molecule has 0 unspecified atom stereocenters. The van der Waals surface area contributed by atoms with Crippen LogP contribution in [0.25, 0.3) is 0 Å². The van der Waals surface area contributed by atoms with Crippen LogP contribution in [-0.4, -0.2) is 49.7 Å². The van der Waals surface area contributed by atoms with Crippen LogP contribution >= 0.6 is 0 Å². The number of carbonyl (C=O) groups is 1. The minimum atomic E-state index is -3.73. The van der Waals surface area contributed by atoms with Crippen LogP contribution in [-0.2, 0) is 21.2 Å². The van der Waals surface area contributed by atoms with Crippen LogP contribution in [0.3, 0.4) is 0 Å². The molecule has 0 atom stereocenters. The number of hydrogen-bond acceptors (Lipinski definition) is 3. The Balaban J connectivity index is 1.81. The van der Waals surface area contributed by atoms with Crippen molar-refractivity contribution in [3.05, 3.63) is 65.7 Å². The minimum Gasteiger partial charge on any atom is -0.342 e. The van der Waals surface area contributed by atoms with Crippen LogP contribution in [0.15, 0.2) is 59.5 Å². The van der Waals surface area contributed by atoms with E-state index in [1.807, 2.05) is 37.3 Å². The van der Waals surface area contributed by atoms with Gasteiger partial charge in [-0.2, -0.15) is 4.31 Å². The molecule has 1 aliphatic rings. The number of hydrogen-bond donors (Lipinski definition) is 0. The SMILES string of the molecule is Cc1ccc(S(=O)(=O)N(CCc2ccccc2)CC(=O)N2CCCC2)cc1. The summed E-state index contributed by atoms with van der Waals surface area (Å²) in [5, 5.41) is 0. The van der Waals surface area contributed by atoms with Crippen LogP contribution in [0, 0.1) is 6.92 Å². The first-order chi connectivity index (χ1) is 13.0. The highest BCUT2D eigenvalue weighted by Gasteiger charge is 2.29. The van der Waals surface area contributed by atoms with Gasteiger partial charge in [0.25, 0.3) is 0 Å². The predicted molar refractivity (Wildman–Crippen MR) is 106 cm³/mol. The number of aryl methyl sites for hydroxylation is 1. The third kappa shape index (κ3) is 4.96. The molecule has 0 aromatic heterocycles. The van der Waals surface area contributed by atoms with Gasteiger partial charge in [-0.25, -0.2) is 8.42 Å². The number of rotatable bonds is 7. The Kier molecular flexibility index (Phi) is 6.29. The average molecular weight is 387 g/mol. The van der Waals surface area contributed by atoms with Gasteiger partial charge in [0.05, 0.1) is 11.4 Å². The van der Waals surface area contributed by atoms with E-state index in [0.717, 1.165) is 37.1 Å². The van der Waals surface area contributed by atoms with Crippen molar-refractivity contribution in [1.29, 1.82) is 0 Å². The van der Waals surface area contributed by atoms with Gasteiger partial charge in [0.1, 0.15) is 0 Å². The molecule has 0 radical (unpaired) electrons. The zero-order chi connectivity index (χ0) is 19.3. The average Bonchev–Trinajstić information content (AvgIpc) is 3.21. The lowest BCUT2D eigenvalue weighted by molar-refractivity contribution is -0.130. The summed E-state index contributed by atoms with van der Waals surface area (Å²) in [7, 11) is -3.73. The molecule has 5 nitrogen and oxygen atoms in total. The fourth-order valence-electron chi connectivity index (χ4n) is 3.26. The molecule has 2 aromatic rings. The number of sulfonamides is 1. The van der Waals surface area contributed by atoms with Crippen molar-refractivity contribution in [2.75, 3.05) is 26.2 Å². The summed E-state index contributed by atoms with van der Waals surface area (Å²) in [5.41, 5.74) is 2.05. The highest BCUT2D eigenvalue weighted by molar-refractivity contribution is 7.89. The fourth-order valence-corrected chi connectivity index (χ4v) is 4.65. The van der Waals surface area contributed by atoms with Gasteiger partial charge in [0.2, 0.25) is 15.9 Å². The second-order valence-corrected chi connectivity index (χ2v) is 8.91. The predicted octanol–water partition coefficient (Wildman–Crippen LogP) is 2.85. The van der Waals surface area contributed by atoms with Crippen molar-refractivity contribution in [2.45, 2.75) is 31.1 Å². The molecule has 1 amide bonds. The first-order valence-electron chi connectivity index (χ1n) is 9.35. The van der Waals surface area contributed by atoms with Crippen molar-refractivity contribution in [1.82, 2.24) is 9.21 Å². The third-order valence-electron chi connectivity index (χ3n) is 4.92. The van der Waals surface area contributed by atoms with Gasteiger partial charge >= 0.3 is 0 Å². The summed E-state index contributed by atoms with van der Waals surface area (Å²) < 4.78 is 27.7. The van der Waals surface area contributed by atoms with Gasteiger partial charge in [-0.3, -0.25) is 4.79 Å². The zero-order valence-electron chi connectivity index (χ0n) is 15.7. The third-order valence-corrected chi connectivity index (χ3v) is 6.78. The Labute approximate surface area is 161 Å². The van der Waals surface area contributed by atoms with E-state index in [9.17, 15) is 13.2 Å². The van der Waals surface area contributed by atoms with Crippen LogP contribution in [0.5, 0.6) is 0 Å². The molecule has 27 heavy (non-hydrogen) atoms. The second kappa shape index (κ2) is 8.67. The number of likely N-dealkylation sites (tertiary alicyclic amines) is 1. The van der Waals surface area contributed by atoms with Gasteiger partial charge in [-0.15, -0.1) is 0 Å². The first kappa shape index (κ1) is 19.6. The Morgan fingerprint density at radius 3 is 2.26 bits per heavy atom. The lowest BCUT2D eigenvalue weighted by Gasteiger charge is -2.24. The highest BCUT2D eigenvalue weighted by atomic mass is 32.2. The summed E-state index contributed by atoms with van der Waals surface area (Å²) in [6.07, 6.45) is 2.54.